The van der Waals surface area contributed by atoms with Gasteiger partial charge in [0.15, 0.2) is 0 Å². The van der Waals surface area contributed by atoms with Crippen LogP contribution in [0.5, 0.6) is 0 Å². The zero-order chi connectivity index (χ0) is 11.6. The third-order valence-electron chi connectivity index (χ3n) is 1.88. The van der Waals surface area contributed by atoms with E-state index < -0.39 is 12.2 Å². The predicted molar refractivity (Wildman–Crippen MR) is 51.2 cm³/mol. The number of rotatable bonds is 1. The third kappa shape index (κ3) is 2.06. The molecule has 1 aromatic heterocycles. The summed E-state index contributed by atoms with van der Waals surface area (Å²) in [7, 11) is 1.22. The van der Waals surface area contributed by atoms with Crippen molar-refractivity contribution in [2.24, 2.45) is 0 Å². The van der Waals surface area contributed by atoms with E-state index in [-0.39, 0.29) is 0 Å². The highest BCUT2D eigenvalue weighted by Gasteiger charge is 2.17. The average Bonchev–Trinajstić information content (AvgIpc) is 2.45. The van der Waals surface area contributed by atoms with Crippen LogP contribution in [-0.4, -0.2) is 34.2 Å². The first-order valence-corrected chi connectivity index (χ1v) is 4.12. The lowest BCUT2D eigenvalue weighted by Gasteiger charge is -2.03. The molecule has 0 unspecified atom stereocenters. The first-order valence-electron chi connectivity index (χ1n) is 4.12. The van der Waals surface area contributed by atoms with Crippen LogP contribution in [0.1, 0.15) is 11.4 Å². The summed E-state index contributed by atoms with van der Waals surface area (Å²) in [6.07, 6.45) is -1.86. The molecule has 0 saturated carbocycles. The molecular formula is C8H11N3O4. The van der Waals surface area contributed by atoms with Crippen molar-refractivity contribution in [3.8, 4) is 0 Å². The van der Waals surface area contributed by atoms with Crippen LogP contribution in [0.25, 0.3) is 0 Å². The van der Waals surface area contributed by atoms with Gasteiger partial charge in [-0.2, -0.15) is 9.78 Å². The molecule has 0 aliphatic heterocycles. The van der Waals surface area contributed by atoms with E-state index in [0.717, 1.165) is 4.68 Å². The Bertz CT molecular complexity index is 410. The monoisotopic (exact) mass is 213 g/mol. The molecule has 82 valence electrons. The molecule has 2 N–H and O–H groups in total. The molecule has 0 aromatic carbocycles. The van der Waals surface area contributed by atoms with E-state index in [0.29, 0.717) is 17.1 Å². The summed E-state index contributed by atoms with van der Waals surface area (Å²) < 4.78 is 5.19. The first-order chi connectivity index (χ1) is 6.97. The molecule has 0 aliphatic rings. The van der Waals surface area contributed by atoms with Gasteiger partial charge in [-0.25, -0.2) is 9.59 Å². The van der Waals surface area contributed by atoms with Crippen LogP contribution in [-0.2, 0) is 4.74 Å². The van der Waals surface area contributed by atoms with Crippen LogP contribution < -0.4 is 5.32 Å². The number of aryl methyl sites for hydroxylation is 1. The number of amides is 1. The highest BCUT2D eigenvalue weighted by molar-refractivity contribution is 5.87. The van der Waals surface area contributed by atoms with Crippen molar-refractivity contribution in [3.63, 3.8) is 0 Å². The van der Waals surface area contributed by atoms with Crippen molar-refractivity contribution < 1.29 is 19.4 Å². The largest absolute Gasteiger partial charge is 0.463 e. The Morgan fingerprint density at radius 1 is 1.47 bits per heavy atom. The lowest BCUT2D eigenvalue weighted by molar-refractivity contribution is 0.186. The summed E-state index contributed by atoms with van der Waals surface area (Å²) in [5, 5.41) is 14.9. The van der Waals surface area contributed by atoms with Gasteiger partial charge in [-0.3, -0.25) is 5.32 Å². The number of carboxylic acid groups (broad SMARTS) is 1. The van der Waals surface area contributed by atoms with E-state index in [4.69, 9.17) is 5.11 Å². The summed E-state index contributed by atoms with van der Waals surface area (Å²) in [6, 6.07) is 0. The molecule has 0 bridgehead atoms. The molecule has 0 radical (unpaired) electrons. The molecule has 1 heterocycles. The molecule has 1 amide bonds. The fourth-order valence-electron chi connectivity index (χ4n) is 1.16. The minimum atomic E-state index is -1.20. The zero-order valence-electron chi connectivity index (χ0n) is 8.57. The first kappa shape index (κ1) is 11.0. The molecule has 1 aromatic rings. The number of ether oxygens (including phenoxy) is 1. The van der Waals surface area contributed by atoms with Gasteiger partial charge in [0.25, 0.3) is 0 Å². The smallest absolute Gasteiger partial charge is 0.432 e. The molecule has 1 rings (SSSR count). The van der Waals surface area contributed by atoms with Gasteiger partial charge in [0.1, 0.15) is 0 Å². The summed E-state index contributed by atoms with van der Waals surface area (Å²) in [6.45, 7) is 3.14. The number of hydrogen-bond donors (Lipinski definition) is 2. The van der Waals surface area contributed by atoms with Gasteiger partial charge in [-0.15, -0.1) is 0 Å². The lowest BCUT2D eigenvalue weighted by atomic mass is 10.3. The normalized spacial score (nSPS) is 9.80. The maximum atomic E-state index is 10.9. The Hall–Kier alpha value is -2.05. The second-order valence-corrected chi connectivity index (χ2v) is 2.86. The van der Waals surface area contributed by atoms with Crippen LogP contribution in [0, 0.1) is 13.8 Å². The number of nitrogens with one attached hydrogen (secondary N) is 1. The van der Waals surface area contributed by atoms with Crippen molar-refractivity contribution >= 4 is 17.9 Å². The highest BCUT2D eigenvalue weighted by atomic mass is 16.5. The Morgan fingerprint density at radius 3 is 2.47 bits per heavy atom. The second kappa shape index (κ2) is 3.99. The highest BCUT2D eigenvalue weighted by Crippen LogP contribution is 2.19. The van der Waals surface area contributed by atoms with E-state index in [2.05, 4.69) is 15.2 Å². The van der Waals surface area contributed by atoms with Crippen molar-refractivity contribution in [1.82, 2.24) is 9.78 Å². The van der Waals surface area contributed by atoms with Gasteiger partial charge in [0.05, 0.1) is 24.2 Å². The minimum Gasteiger partial charge on any atom is -0.463 e. The molecule has 0 aliphatic carbocycles. The molecule has 7 heteroatoms. The SMILES string of the molecule is COC(=O)Nc1c(C)nn(C(=O)O)c1C. The average molecular weight is 213 g/mol. The minimum absolute atomic E-state index is 0.338. The molecule has 0 saturated heterocycles. The van der Waals surface area contributed by atoms with Crippen LogP contribution >= 0.6 is 0 Å². The number of anilines is 1. The second-order valence-electron chi connectivity index (χ2n) is 2.86. The van der Waals surface area contributed by atoms with Gasteiger partial charge in [-0.1, -0.05) is 0 Å². The maximum absolute atomic E-state index is 10.9. The van der Waals surface area contributed by atoms with E-state index in [1.54, 1.807) is 13.8 Å². The summed E-state index contributed by atoms with van der Waals surface area (Å²) in [5.74, 6) is 0. The number of carbonyl (C=O) groups excluding carboxylic acids is 1. The van der Waals surface area contributed by atoms with E-state index in [9.17, 15) is 9.59 Å². The molecule has 7 nitrogen and oxygen atoms in total. The van der Waals surface area contributed by atoms with Crippen molar-refractivity contribution in [2.75, 3.05) is 12.4 Å². The van der Waals surface area contributed by atoms with Gasteiger partial charge >= 0.3 is 12.2 Å². The quantitative estimate of drug-likeness (QED) is 0.731. The van der Waals surface area contributed by atoms with Crippen molar-refractivity contribution in [2.45, 2.75) is 13.8 Å². The Balaban J connectivity index is 3.08. The summed E-state index contributed by atoms with van der Waals surface area (Å²) in [5.41, 5.74) is 1.11. The Labute approximate surface area is 85.6 Å². The van der Waals surface area contributed by atoms with E-state index >= 15 is 0 Å². The molecule has 0 atom stereocenters. The summed E-state index contributed by atoms with van der Waals surface area (Å²) in [4.78, 5) is 21.6. The molecule has 0 fully saturated rings. The van der Waals surface area contributed by atoms with Crippen molar-refractivity contribution in [3.05, 3.63) is 11.4 Å². The Kier molecular flexibility index (Phi) is 2.93. The van der Waals surface area contributed by atoms with Crippen molar-refractivity contribution in [1.29, 1.82) is 0 Å². The number of hydrogen-bond acceptors (Lipinski definition) is 4. The van der Waals surface area contributed by atoms with Crippen LogP contribution in [0.3, 0.4) is 0 Å². The van der Waals surface area contributed by atoms with Gasteiger partial charge in [-0.05, 0) is 13.8 Å². The van der Waals surface area contributed by atoms with Gasteiger partial charge in [0, 0.05) is 0 Å². The van der Waals surface area contributed by atoms with Gasteiger partial charge < -0.3 is 9.84 Å². The van der Waals surface area contributed by atoms with Crippen LogP contribution in [0.15, 0.2) is 0 Å². The van der Waals surface area contributed by atoms with Crippen LogP contribution in [0.4, 0.5) is 15.3 Å². The number of carbonyl (C=O) groups is 2. The number of aromatic nitrogens is 2. The number of nitrogens with zero attached hydrogens (tertiary/aromatic N) is 2. The zero-order valence-corrected chi connectivity index (χ0v) is 8.57. The Morgan fingerprint density at radius 2 is 2.07 bits per heavy atom. The third-order valence-corrected chi connectivity index (χ3v) is 1.88. The molecular weight excluding hydrogens is 202 g/mol. The van der Waals surface area contributed by atoms with E-state index in [1.807, 2.05) is 0 Å². The summed E-state index contributed by atoms with van der Waals surface area (Å²) >= 11 is 0. The molecule has 0 spiro atoms. The maximum Gasteiger partial charge on any atom is 0.432 e. The van der Waals surface area contributed by atoms with Gasteiger partial charge in [0.2, 0.25) is 0 Å². The fraction of sp³-hybridized carbons (Fsp3) is 0.375. The molecule has 15 heavy (non-hydrogen) atoms. The topological polar surface area (TPSA) is 93.5 Å². The van der Waals surface area contributed by atoms with Crippen LogP contribution in [0.2, 0.25) is 0 Å². The standard InChI is InChI=1S/C8H11N3O4/c1-4-6(9-7(12)15-3)5(2)11(10-4)8(13)14/h1-3H3,(H,9,12)(H,13,14). The predicted octanol–water partition coefficient (Wildman–Crippen LogP) is 1.20. The van der Waals surface area contributed by atoms with E-state index in [1.165, 1.54) is 7.11 Å². The lowest BCUT2D eigenvalue weighted by Crippen LogP contribution is -2.14. The number of methoxy groups -OCH3 is 1. The fourth-order valence-corrected chi connectivity index (χ4v) is 1.16.